The summed E-state index contributed by atoms with van der Waals surface area (Å²) >= 11 is 4.77. The highest BCUT2D eigenvalue weighted by atomic mass is 32.2. The normalized spacial score (nSPS) is 43.4. The second-order valence-electron chi connectivity index (χ2n) is 14.4. The largest absolute Gasteiger partial charge is 0.127 e. The van der Waals surface area contributed by atoms with Gasteiger partial charge in [-0.2, -0.15) is 0 Å². The molecular weight excluding hydrogens is 477 g/mol. The maximum Gasteiger partial charge on any atom is 0.0564 e. The predicted molar refractivity (Wildman–Crippen MR) is 161 cm³/mol. The lowest BCUT2D eigenvalue weighted by molar-refractivity contribution is 0.371. The highest BCUT2D eigenvalue weighted by molar-refractivity contribution is 8.04. The van der Waals surface area contributed by atoms with E-state index in [-0.39, 0.29) is 0 Å². The number of allylic oxidation sites excluding steroid dienone is 4. The van der Waals surface area contributed by atoms with Crippen LogP contribution in [0, 0.1) is 35.5 Å². The summed E-state index contributed by atoms with van der Waals surface area (Å²) in [5, 5.41) is 1.85. The Labute approximate surface area is 226 Å². The molecule has 4 aliphatic carbocycles. The Morgan fingerprint density at radius 3 is 1.34 bits per heavy atom. The van der Waals surface area contributed by atoms with E-state index in [0.29, 0.717) is 0 Å². The molecule has 0 bridgehead atoms. The molecule has 0 aromatic heterocycles. The van der Waals surface area contributed by atoms with Crippen molar-refractivity contribution >= 4 is 31.6 Å². The number of hydrogen-bond donors (Lipinski definition) is 0. The summed E-state index contributed by atoms with van der Waals surface area (Å²) in [5.41, 5.74) is 5.98. The van der Waals surface area contributed by atoms with Crippen LogP contribution in [0.2, 0.25) is 24.2 Å². The van der Waals surface area contributed by atoms with E-state index < -0.39 is 8.07 Å². The zero-order valence-corrected chi connectivity index (χ0v) is 26.2. The summed E-state index contributed by atoms with van der Waals surface area (Å²) in [5.74, 6) is 5.61. The molecule has 0 nitrogen and oxygen atoms in total. The van der Waals surface area contributed by atoms with Crippen LogP contribution in [-0.4, -0.2) is 18.6 Å². The Kier molecular flexibility index (Phi) is 7.23. The molecule has 6 aliphatic rings. The zero-order valence-electron chi connectivity index (χ0n) is 23.6. The molecule has 35 heavy (non-hydrogen) atoms. The molecule has 2 heterocycles. The number of thioether (sulfide) groups is 2. The number of fused-ring (bicyclic) bond motifs is 2. The summed E-state index contributed by atoms with van der Waals surface area (Å²) in [7, 11) is -1.45. The Morgan fingerprint density at radius 1 is 0.600 bits per heavy atom. The molecular formula is C32H52S2Si. The van der Waals surface area contributed by atoms with Crippen LogP contribution >= 0.6 is 23.5 Å². The second kappa shape index (κ2) is 9.85. The molecule has 4 saturated carbocycles. The highest BCUT2D eigenvalue weighted by Crippen LogP contribution is 2.68. The lowest BCUT2D eigenvalue weighted by Gasteiger charge is -2.45. The molecule has 0 aromatic carbocycles. The van der Waals surface area contributed by atoms with Crippen molar-refractivity contribution in [3.63, 3.8) is 0 Å². The van der Waals surface area contributed by atoms with E-state index in [1.807, 2.05) is 11.1 Å². The van der Waals surface area contributed by atoms with Crippen LogP contribution in [0.15, 0.2) is 21.0 Å². The van der Waals surface area contributed by atoms with Crippen LogP contribution in [0.1, 0.15) is 105 Å². The average molecular weight is 529 g/mol. The fourth-order valence-corrected chi connectivity index (χ4v) is 22.8. The van der Waals surface area contributed by atoms with E-state index in [2.05, 4.69) is 64.3 Å². The van der Waals surface area contributed by atoms with Crippen LogP contribution in [0.3, 0.4) is 0 Å². The van der Waals surface area contributed by atoms with E-state index >= 15 is 0 Å². The molecule has 2 aliphatic heterocycles. The maximum atomic E-state index is 2.88. The van der Waals surface area contributed by atoms with Gasteiger partial charge in [0.1, 0.15) is 0 Å². The SMILES string of the molecule is CC1=C(C2CCCCC2)C2CC(C)C([Si](C)(C)C3C(C)CC4C(C5CCCCC5)=C(C)SC43)C2S1. The van der Waals surface area contributed by atoms with Crippen LogP contribution in [0.4, 0.5) is 0 Å². The quantitative estimate of drug-likeness (QED) is 0.333. The Balaban J connectivity index is 1.24. The van der Waals surface area contributed by atoms with Gasteiger partial charge in [0.15, 0.2) is 0 Å². The van der Waals surface area contributed by atoms with E-state index in [1.54, 1.807) is 9.81 Å². The summed E-state index contributed by atoms with van der Waals surface area (Å²) in [6, 6.07) is 0. The van der Waals surface area contributed by atoms with E-state index in [4.69, 9.17) is 0 Å². The van der Waals surface area contributed by atoms with E-state index in [1.165, 1.54) is 77.0 Å². The lowest BCUT2D eigenvalue weighted by Crippen LogP contribution is -2.47. The Morgan fingerprint density at radius 2 is 0.971 bits per heavy atom. The van der Waals surface area contributed by atoms with E-state index in [9.17, 15) is 0 Å². The first-order valence-electron chi connectivity index (χ1n) is 15.5. The maximum absolute atomic E-state index is 2.88. The standard InChI is InChI=1S/C32H52S2Si/c1-19-17-25-27(23-13-9-7-10-14-23)21(3)33-29(25)31(19)35(5,6)32-20(2)18-26-28(22(4)34-30(26)32)24-15-11-8-12-16-24/h19-20,23-26,29-32H,7-18H2,1-6H3. The second-order valence-corrected chi connectivity index (χ2v) is 22.1. The molecule has 0 spiro atoms. The molecule has 3 heteroatoms. The first kappa shape index (κ1) is 25.7. The molecule has 6 rings (SSSR count). The summed E-state index contributed by atoms with van der Waals surface area (Å²) in [6.45, 7) is 16.2. The third kappa shape index (κ3) is 4.23. The van der Waals surface area contributed by atoms with Crippen molar-refractivity contribution < 1.29 is 0 Å². The van der Waals surface area contributed by atoms with Crippen molar-refractivity contribution in [2.45, 2.75) is 139 Å². The van der Waals surface area contributed by atoms with Crippen molar-refractivity contribution in [2.24, 2.45) is 35.5 Å². The van der Waals surface area contributed by atoms with Gasteiger partial charge in [0.25, 0.3) is 0 Å². The minimum Gasteiger partial charge on any atom is -0.127 e. The molecule has 0 amide bonds. The van der Waals surface area contributed by atoms with Crippen molar-refractivity contribution in [1.82, 2.24) is 0 Å². The first-order chi connectivity index (χ1) is 16.8. The molecule has 0 N–H and O–H groups in total. The topological polar surface area (TPSA) is 0 Å². The number of hydrogen-bond acceptors (Lipinski definition) is 2. The molecule has 8 atom stereocenters. The summed E-state index contributed by atoms with van der Waals surface area (Å²) in [4.78, 5) is 3.55. The Hall–Kier alpha value is 0.397. The fourth-order valence-electron chi connectivity index (χ4n) is 11.0. The van der Waals surface area contributed by atoms with Gasteiger partial charge in [-0.25, -0.2) is 0 Å². The third-order valence-corrected chi connectivity index (χ3v) is 20.8. The van der Waals surface area contributed by atoms with E-state index in [0.717, 1.165) is 57.1 Å². The van der Waals surface area contributed by atoms with Gasteiger partial charge in [-0.15, -0.1) is 23.5 Å². The molecule has 0 saturated heterocycles. The van der Waals surface area contributed by atoms with Crippen LogP contribution < -0.4 is 0 Å². The molecule has 0 aromatic rings. The van der Waals surface area contributed by atoms with Gasteiger partial charge in [0.2, 0.25) is 0 Å². The zero-order chi connectivity index (χ0) is 24.5. The van der Waals surface area contributed by atoms with Gasteiger partial charge in [0.05, 0.1) is 8.07 Å². The Bertz CT molecular complexity index is 804. The minimum atomic E-state index is -1.45. The van der Waals surface area contributed by atoms with Gasteiger partial charge in [0, 0.05) is 10.5 Å². The average Bonchev–Trinajstić information content (AvgIpc) is 3.50. The summed E-state index contributed by atoms with van der Waals surface area (Å²) < 4.78 is 0. The van der Waals surface area contributed by atoms with Gasteiger partial charge in [-0.3, -0.25) is 0 Å². The van der Waals surface area contributed by atoms with Gasteiger partial charge < -0.3 is 0 Å². The van der Waals surface area contributed by atoms with Crippen molar-refractivity contribution in [2.75, 3.05) is 0 Å². The van der Waals surface area contributed by atoms with Crippen LogP contribution in [0.5, 0.6) is 0 Å². The minimum absolute atomic E-state index is 0.924. The highest BCUT2D eigenvalue weighted by Gasteiger charge is 2.61. The van der Waals surface area contributed by atoms with Gasteiger partial charge >= 0.3 is 0 Å². The molecule has 0 radical (unpaired) electrons. The smallest absolute Gasteiger partial charge is 0.0564 e. The lowest BCUT2D eigenvalue weighted by atomic mass is 9.77. The monoisotopic (exact) mass is 528 g/mol. The predicted octanol–water partition coefficient (Wildman–Crippen LogP) is 10.7. The van der Waals surface area contributed by atoms with Crippen LogP contribution in [-0.2, 0) is 0 Å². The first-order valence-corrected chi connectivity index (χ1v) is 20.4. The van der Waals surface area contributed by atoms with Crippen molar-refractivity contribution in [1.29, 1.82) is 0 Å². The summed E-state index contributed by atoms with van der Waals surface area (Å²) in [6.07, 6.45) is 17.9. The number of rotatable bonds is 4. The van der Waals surface area contributed by atoms with Crippen molar-refractivity contribution in [3.05, 3.63) is 21.0 Å². The van der Waals surface area contributed by atoms with Crippen molar-refractivity contribution in [3.8, 4) is 0 Å². The third-order valence-electron chi connectivity index (χ3n) is 12.0. The van der Waals surface area contributed by atoms with Gasteiger partial charge in [-0.1, -0.05) is 76.6 Å². The van der Waals surface area contributed by atoms with Gasteiger partial charge in [-0.05, 0) is 109 Å². The fraction of sp³-hybridized carbons (Fsp3) is 0.875. The molecule has 196 valence electrons. The van der Waals surface area contributed by atoms with Crippen LogP contribution in [0.25, 0.3) is 0 Å². The molecule has 4 fully saturated rings. The molecule has 8 unspecified atom stereocenters.